The number of rotatable bonds is 3. The van der Waals surface area contributed by atoms with E-state index in [0.29, 0.717) is 12.1 Å². The van der Waals surface area contributed by atoms with Crippen molar-refractivity contribution in [2.24, 2.45) is 0 Å². The molecule has 144 valence electrons. The first-order valence-corrected chi connectivity index (χ1v) is 9.95. The van der Waals surface area contributed by atoms with Gasteiger partial charge in [0.25, 0.3) is 0 Å². The fraction of sp³-hybridized carbons (Fsp3) is 0.273. The van der Waals surface area contributed by atoms with Gasteiger partial charge in [0.1, 0.15) is 5.82 Å². The second-order valence-electron chi connectivity index (χ2n) is 7.91. The predicted octanol–water partition coefficient (Wildman–Crippen LogP) is 2.75. The second kappa shape index (κ2) is 6.35. The van der Waals surface area contributed by atoms with E-state index in [-0.39, 0.29) is 0 Å². The van der Waals surface area contributed by atoms with E-state index in [4.69, 9.17) is 10.1 Å². The third-order valence-corrected chi connectivity index (χ3v) is 6.19. The van der Waals surface area contributed by atoms with Gasteiger partial charge in [-0.05, 0) is 43.8 Å². The summed E-state index contributed by atoms with van der Waals surface area (Å²) in [7, 11) is 2.22. The summed E-state index contributed by atoms with van der Waals surface area (Å²) in [5.74, 6) is 1.07. The van der Waals surface area contributed by atoms with Crippen molar-refractivity contribution in [3.8, 4) is 22.5 Å². The van der Waals surface area contributed by atoms with Crippen LogP contribution in [0.4, 0.5) is 5.82 Å². The molecule has 0 aliphatic carbocycles. The van der Waals surface area contributed by atoms with Crippen molar-refractivity contribution in [1.29, 1.82) is 0 Å². The van der Waals surface area contributed by atoms with Crippen LogP contribution in [0.5, 0.6) is 0 Å². The number of hydrogen-bond donors (Lipinski definition) is 0. The summed E-state index contributed by atoms with van der Waals surface area (Å²) < 4.78 is 1.89. The lowest BCUT2D eigenvalue weighted by molar-refractivity contribution is 0.292. The maximum absolute atomic E-state index is 4.79. The molecule has 6 rings (SSSR count). The van der Waals surface area contributed by atoms with E-state index in [1.165, 1.54) is 6.42 Å². The van der Waals surface area contributed by atoms with Crippen molar-refractivity contribution in [2.75, 3.05) is 25.0 Å². The summed E-state index contributed by atoms with van der Waals surface area (Å²) in [6, 6.07) is 13.4. The lowest BCUT2D eigenvalue weighted by atomic mass is 10.2. The Morgan fingerprint density at radius 1 is 0.897 bits per heavy atom. The Morgan fingerprint density at radius 3 is 2.52 bits per heavy atom. The molecule has 7 heteroatoms. The summed E-state index contributed by atoms with van der Waals surface area (Å²) in [5.41, 5.74) is 4.75. The van der Waals surface area contributed by atoms with E-state index in [1.807, 2.05) is 41.2 Å². The molecule has 0 aromatic carbocycles. The average Bonchev–Trinajstić information content (AvgIpc) is 3.48. The van der Waals surface area contributed by atoms with Gasteiger partial charge in [-0.1, -0.05) is 0 Å². The quantitative estimate of drug-likeness (QED) is 0.542. The molecular formula is C22H21N7. The van der Waals surface area contributed by atoms with Crippen molar-refractivity contribution in [2.45, 2.75) is 18.5 Å². The van der Waals surface area contributed by atoms with Crippen LogP contribution >= 0.6 is 0 Å². The fourth-order valence-corrected chi connectivity index (χ4v) is 4.63. The summed E-state index contributed by atoms with van der Waals surface area (Å²) in [6.07, 6.45) is 8.58. The highest BCUT2D eigenvalue weighted by atomic mass is 15.4. The minimum atomic E-state index is 0.588. The molecule has 2 aliphatic rings. The highest BCUT2D eigenvalue weighted by molar-refractivity contribution is 5.68. The van der Waals surface area contributed by atoms with Crippen molar-refractivity contribution >= 4 is 11.5 Å². The van der Waals surface area contributed by atoms with Gasteiger partial charge in [0.2, 0.25) is 0 Å². The standard InChI is InChI=1S/C22H21N7/c1-27-13-18-10-17(27)14-28(18)21-3-2-16(12-25-21)20-6-9-24-22-11-19(26-29(20)22)15-4-7-23-8-5-15/h2-9,11-12,17-18H,10,13-14H2,1H3/t17-,18-/m0/s1. The largest absolute Gasteiger partial charge is 0.351 e. The van der Waals surface area contributed by atoms with Crippen molar-refractivity contribution < 1.29 is 0 Å². The van der Waals surface area contributed by atoms with E-state index in [9.17, 15) is 0 Å². The molecule has 6 heterocycles. The lowest BCUT2D eigenvalue weighted by Crippen LogP contribution is -2.44. The Labute approximate surface area is 168 Å². The molecule has 0 amide bonds. The maximum Gasteiger partial charge on any atom is 0.156 e. The van der Waals surface area contributed by atoms with Gasteiger partial charge in [0.15, 0.2) is 5.65 Å². The van der Waals surface area contributed by atoms with E-state index in [2.05, 4.69) is 38.9 Å². The normalized spacial score (nSPS) is 21.3. The van der Waals surface area contributed by atoms with Gasteiger partial charge in [-0.2, -0.15) is 5.10 Å². The zero-order valence-corrected chi connectivity index (χ0v) is 16.2. The molecule has 4 aromatic rings. The van der Waals surface area contributed by atoms with Crippen LogP contribution in [0.15, 0.2) is 61.2 Å². The summed E-state index contributed by atoms with van der Waals surface area (Å²) in [6.45, 7) is 2.20. The van der Waals surface area contributed by atoms with E-state index in [1.54, 1.807) is 12.4 Å². The monoisotopic (exact) mass is 383 g/mol. The number of likely N-dealkylation sites (tertiary alicyclic amines) is 1. The molecule has 7 nitrogen and oxygen atoms in total. The maximum atomic E-state index is 4.79. The third kappa shape index (κ3) is 2.69. The highest BCUT2D eigenvalue weighted by Crippen LogP contribution is 2.33. The first-order valence-electron chi connectivity index (χ1n) is 9.95. The molecule has 2 aliphatic heterocycles. The van der Waals surface area contributed by atoms with Gasteiger partial charge in [-0.25, -0.2) is 14.5 Å². The Kier molecular flexibility index (Phi) is 3.64. The highest BCUT2D eigenvalue weighted by Gasteiger charge is 2.41. The average molecular weight is 383 g/mol. The number of likely N-dealkylation sites (N-methyl/N-ethyl adjacent to an activating group) is 1. The van der Waals surface area contributed by atoms with Crippen LogP contribution in [0.2, 0.25) is 0 Å². The van der Waals surface area contributed by atoms with Crippen molar-refractivity contribution in [3.63, 3.8) is 0 Å². The molecule has 0 saturated carbocycles. The zero-order valence-electron chi connectivity index (χ0n) is 16.2. The molecule has 29 heavy (non-hydrogen) atoms. The summed E-state index contributed by atoms with van der Waals surface area (Å²) in [4.78, 5) is 18.3. The number of pyridine rings is 2. The van der Waals surface area contributed by atoms with Crippen LogP contribution < -0.4 is 4.90 Å². The molecule has 2 fully saturated rings. The minimum absolute atomic E-state index is 0.588. The van der Waals surface area contributed by atoms with Gasteiger partial charge < -0.3 is 4.90 Å². The summed E-state index contributed by atoms with van der Waals surface area (Å²) >= 11 is 0. The third-order valence-electron chi connectivity index (χ3n) is 6.19. The van der Waals surface area contributed by atoms with Crippen LogP contribution in [-0.2, 0) is 0 Å². The molecule has 2 atom stereocenters. The van der Waals surface area contributed by atoms with Crippen LogP contribution in [0.25, 0.3) is 28.2 Å². The molecule has 2 bridgehead atoms. The number of hydrogen-bond acceptors (Lipinski definition) is 6. The van der Waals surface area contributed by atoms with Crippen molar-refractivity contribution in [3.05, 3.63) is 61.2 Å². The van der Waals surface area contributed by atoms with Crippen LogP contribution in [0, 0.1) is 0 Å². The smallest absolute Gasteiger partial charge is 0.156 e. The topological polar surface area (TPSA) is 62.5 Å². The molecule has 0 spiro atoms. The first kappa shape index (κ1) is 16.6. The van der Waals surface area contributed by atoms with Gasteiger partial charge in [-0.3, -0.25) is 9.88 Å². The van der Waals surface area contributed by atoms with Crippen molar-refractivity contribution in [1.82, 2.24) is 29.5 Å². The number of aromatic nitrogens is 5. The molecule has 4 aromatic heterocycles. The number of fused-ring (bicyclic) bond motifs is 3. The molecule has 0 unspecified atom stereocenters. The van der Waals surface area contributed by atoms with Gasteiger partial charge in [0, 0.05) is 67.2 Å². The van der Waals surface area contributed by atoms with E-state index < -0.39 is 0 Å². The Balaban J connectivity index is 1.34. The minimum Gasteiger partial charge on any atom is -0.351 e. The van der Waals surface area contributed by atoms with Crippen LogP contribution in [-0.4, -0.2) is 61.7 Å². The summed E-state index contributed by atoms with van der Waals surface area (Å²) in [5, 5.41) is 4.78. The Hall–Kier alpha value is -3.32. The van der Waals surface area contributed by atoms with Gasteiger partial charge >= 0.3 is 0 Å². The number of piperazine rings is 1. The van der Waals surface area contributed by atoms with Gasteiger partial charge in [0.05, 0.1) is 11.4 Å². The Bertz CT molecular complexity index is 1170. The van der Waals surface area contributed by atoms with Crippen LogP contribution in [0.3, 0.4) is 0 Å². The SMILES string of the molecule is CN1C[C@@H]2C[C@H]1CN2c1ccc(-c2ccnc3cc(-c4ccncc4)nn23)cn1. The zero-order chi connectivity index (χ0) is 19.4. The van der Waals surface area contributed by atoms with E-state index >= 15 is 0 Å². The molecule has 2 saturated heterocycles. The van der Waals surface area contributed by atoms with Gasteiger partial charge in [-0.15, -0.1) is 0 Å². The van der Waals surface area contributed by atoms with Crippen LogP contribution in [0.1, 0.15) is 6.42 Å². The van der Waals surface area contributed by atoms with E-state index in [0.717, 1.165) is 47.1 Å². The molecular weight excluding hydrogens is 362 g/mol. The second-order valence-corrected chi connectivity index (χ2v) is 7.91. The Morgan fingerprint density at radius 2 is 1.79 bits per heavy atom. The fourth-order valence-electron chi connectivity index (χ4n) is 4.63. The first-order chi connectivity index (χ1) is 14.3. The lowest BCUT2D eigenvalue weighted by Gasteiger charge is -2.32. The number of nitrogens with zero attached hydrogens (tertiary/aromatic N) is 7. The molecule has 0 N–H and O–H groups in total. The predicted molar refractivity (Wildman–Crippen MR) is 112 cm³/mol. The molecule has 0 radical (unpaired) electrons. The number of anilines is 1.